The maximum Gasteiger partial charge on any atom is 0.255 e. The molecule has 1 aromatic carbocycles. The van der Waals surface area contributed by atoms with Crippen molar-refractivity contribution in [2.24, 2.45) is 5.92 Å². The number of amides is 1. The minimum Gasteiger partial charge on any atom is -0.504 e. The quantitative estimate of drug-likeness (QED) is 0.779. The Morgan fingerprint density at radius 1 is 1.53 bits per heavy atom. The molecule has 0 aliphatic heterocycles. The number of nitrogens with one attached hydrogen (secondary N) is 1. The van der Waals surface area contributed by atoms with Crippen LogP contribution in [0.15, 0.2) is 18.2 Å². The van der Waals surface area contributed by atoms with Crippen molar-refractivity contribution in [3.63, 3.8) is 0 Å². The highest BCUT2D eigenvalue weighted by Crippen LogP contribution is 2.32. The lowest BCUT2D eigenvalue weighted by atomic mass is 9.76. The van der Waals surface area contributed by atoms with Crippen molar-refractivity contribution >= 4 is 5.91 Å². The number of rotatable bonds is 4. The zero-order chi connectivity index (χ0) is 14.0. The van der Waals surface area contributed by atoms with E-state index in [0.717, 1.165) is 12.5 Å². The molecule has 0 aromatic heterocycles. The van der Waals surface area contributed by atoms with Crippen molar-refractivity contribution in [2.45, 2.75) is 38.3 Å². The van der Waals surface area contributed by atoms with Crippen molar-refractivity contribution in [1.82, 2.24) is 5.32 Å². The molecule has 4 nitrogen and oxygen atoms in total. The van der Waals surface area contributed by atoms with Crippen LogP contribution in [0.4, 0.5) is 4.39 Å². The molecule has 1 saturated carbocycles. The van der Waals surface area contributed by atoms with Crippen LogP contribution in [0.1, 0.15) is 36.5 Å². The minimum absolute atomic E-state index is 0.0569. The zero-order valence-electron chi connectivity index (χ0n) is 10.8. The summed E-state index contributed by atoms with van der Waals surface area (Å²) in [5.74, 6) is -1.66. The molecule has 0 saturated heterocycles. The first-order valence-corrected chi connectivity index (χ1v) is 6.49. The van der Waals surface area contributed by atoms with Crippen molar-refractivity contribution < 1.29 is 19.4 Å². The molecule has 1 aliphatic rings. The Hall–Kier alpha value is -1.62. The first-order valence-electron chi connectivity index (χ1n) is 6.49. The first-order chi connectivity index (χ1) is 9.02. The van der Waals surface area contributed by atoms with Gasteiger partial charge in [-0.1, -0.05) is 13.0 Å². The number of aliphatic hydroxyl groups excluding tert-OH is 1. The molecule has 1 aromatic rings. The summed E-state index contributed by atoms with van der Waals surface area (Å²) in [4.78, 5) is 12.0. The number of phenolic OH excluding ortho intramolecular Hbond substituents is 1. The summed E-state index contributed by atoms with van der Waals surface area (Å²) in [5.41, 5.74) is -0.0571. The van der Waals surface area contributed by atoms with E-state index in [1.54, 1.807) is 0 Å². The fraction of sp³-hybridized carbons (Fsp3) is 0.500. The van der Waals surface area contributed by atoms with Gasteiger partial charge in [0.05, 0.1) is 11.7 Å². The monoisotopic (exact) mass is 267 g/mol. The maximum absolute atomic E-state index is 13.2. The number of hydrogen-bond acceptors (Lipinski definition) is 3. The number of aliphatic hydroxyl groups is 1. The van der Waals surface area contributed by atoms with Gasteiger partial charge in [0.15, 0.2) is 11.6 Å². The number of carbonyl (C=O) groups is 1. The molecule has 1 aliphatic carbocycles. The van der Waals surface area contributed by atoms with Crippen LogP contribution < -0.4 is 5.32 Å². The second kappa shape index (κ2) is 5.57. The molecule has 0 unspecified atom stereocenters. The number of para-hydroxylation sites is 1. The number of phenols is 1. The predicted octanol–water partition coefficient (Wildman–Crippen LogP) is 1.81. The van der Waals surface area contributed by atoms with Crippen molar-refractivity contribution in [2.75, 3.05) is 0 Å². The molecule has 0 radical (unpaired) electrons. The average Bonchev–Trinajstić information content (AvgIpc) is 2.35. The molecule has 3 N–H and O–H groups in total. The Morgan fingerprint density at radius 2 is 2.21 bits per heavy atom. The van der Waals surface area contributed by atoms with Crippen LogP contribution in [0.25, 0.3) is 0 Å². The van der Waals surface area contributed by atoms with E-state index in [2.05, 4.69) is 5.32 Å². The van der Waals surface area contributed by atoms with Gasteiger partial charge in [-0.05, 0) is 37.3 Å². The molecule has 1 atom stereocenters. The number of benzene rings is 1. The van der Waals surface area contributed by atoms with Gasteiger partial charge in [0.25, 0.3) is 5.91 Å². The molecular weight excluding hydrogens is 249 g/mol. The molecule has 0 spiro atoms. The molecule has 2 rings (SSSR count). The Bertz CT molecular complexity index is 472. The number of hydrogen-bond donors (Lipinski definition) is 3. The zero-order valence-corrected chi connectivity index (χ0v) is 10.8. The summed E-state index contributed by atoms with van der Waals surface area (Å²) in [6, 6.07) is 3.82. The normalized spacial score (nSPS) is 23.5. The highest BCUT2D eigenvalue weighted by molar-refractivity contribution is 5.97. The SMILES string of the molecule is CC[C@@H](NC(=O)c1cccc(F)c1O)C1CC(O)C1. The third-order valence-corrected chi connectivity index (χ3v) is 3.71. The van der Waals surface area contributed by atoms with Crippen molar-refractivity contribution in [3.05, 3.63) is 29.6 Å². The third kappa shape index (κ3) is 2.87. The fourth-order valence-electron chi connectivity index (χ4n) is 2.46. The van der Waals surface area contributed by atoms with E-state index in [1.165, 1.54) is 12.1 Å². The smallest absolute Gasteiger partial charge is 0.255 e. The van der Waals surface area contributed by atoms with Gasteiger partial charge in [0.1, 0.15) is 0 Å². The molecular formula is C14H18FNO3. The summed E-state index contributed by atoms with van der Waals surface area (Å²) >= 11 is 0. The first kappa shape index (κ1) is 13.8. The highest BCUT2D eigenvalue weighted by Gasteiger charge is 2.34. The van der Waals surface area contributed by atoms with Crippen LogP contribution in [0.5, 0.6) is 5.75 Å². The van der Waals surface area contributed by atoms with Gasteiger partial charge in [-0.3, -0.25) is 4.79 Å². The van der Waals surface area contributed by atoms with Crippen LogP contribution >= 0.6 is 0 Å². The van der Waals surface area contributed by atoms with Crippen LogP contribution in [0.3, 0.4) is 0 Å². The van der Waals surface area contributed by atoms with Crippen LogP contribution in [0, 0.1) is 11.7 Å². The highest BCUT2D eigenvalue weighted by atomic mass is 19.1. The predicted molar refractivity (Wildman–Crippen MR) is 68.3 cm³/mol. The van der Waals surface area contributed by atoms with E-state index in [1.807, 2.05) is 6.92 Å². The molecule has 1 fully saturated rings. The lowest BCUT2D eigenvalue weighted by Crippen LogP contribution is -2.46. The molecule has 1 amide bonds. The number of carbonyl (C=O) groups excluding carboxylic acids is 1. The number of halogens is 1. The summed E-state index contributed by atoms with van der Waals surface area (Å²) in [5, 5.41) is 21.6. The van der Waals surface area contributed by atoms with Gasteiger partial charge in [0.2, 0.25) is 0 Å². The van der Waals surface area contributed by atoms with Crippen molar-refractivity contribution in [1.29, 1.82) is 0 Å². The molecule has 19 heavy (non-hydrogen) atoms. The van der Waals surface area contributed by atoms with Crippen LogP contribution in [-0.4, -0.2) is 28.3 Å². The Labute approximate surface area is 111 Å². The molecule has 0 heterocycles. The summed E-state index contributed by atoms with van der Waals surface area (Å²) in [6.07, 6.45) is 1.81. The van der Waals surface area contributed by atoms with Gasteiger partial charge < -0.3 is 15.5 Å². The average molecular weight is 267 g/mol. The lowest BCUT2D eigenvalue weighted by Gasteiger charge is -2.37. The Morgan fingerprint density at radius 3 is 2.79 bits per heavy atom. The standard InChI is InChI=1S/C14H18FNO3/c1-2-12(8-6-9(17)7-8)16-14(19)10-4-3-5-11(15)13(10)18/h3-5,8-9,12,17-18H,2,6-7H2,1H3,(H,16,19)/t8?,9?,12-/m1/s1. The minimum atomic E-state index is -0.806. The Balaban J connectivity index is 2.05. The van der Waals surface area contributed by atoms with Crippen molar-refractivity contribution in [3.8, 4) is 5.75 Å². The number of aromatic hydroxyl groups is 1. The second-order valence-corrected chi connectivity index (χ2v) is 5.01. The van der Waals surface area contributed by atoms with E-state index < -0.39 is 17.5 Å². The summed E-state index contributed by atoms with van der Waals surface area (Å²) in [7, 11) is 0. The topological polar surface area (TPSA) is 69.6 Å². The van der Waals surface area contributed by atoms with E-state index >= 15 is 0 Å². The van der Waals surface area contributed by atoms with Gasteiger partial charge in [-0.2, -0.15) is 0 Å². The van der Waals surface area contributed by atoms with E-state index in [-0.39, 0.29) is 23.6 Å². The van der Waals surface area contributed by atoms with E-state index in [4.69, 9.17) is 0 Å². The van der Waals surface area contributed by atoms with Crippen LogP contribution in [-0.2, 0) is 0 Å². The van der Waals surface area contributed by atoms with Gasteiger partial charge in [-0.15, -0.1) is 0 Å². The lowest BCUT2D eigenvalue weighted by molar-refractivity contribution is 0.0232. The van der Waals surface area contributed by atoms with Gasteiger partial charge >= 0.3 is 0 Å². The maximum atomic E-state index is 13.2. The largest absolute Gasteiger partial charge is 0.504 e. The van der Waals surface area contributed by atoms with Gasteiger partial charge in [-0.25, -0.2) is 4.39 Å². The van der Waals surface area contributed by atoms with Gasteiger partial charge in [0, 0.05) is 6.04 Å². The summed E-state index contributed by atoms with van der Waals surface area (Å²) < 4.78 is 13.2. The molecule has 0 bridgehead atoms. The fourth-order valence-corrected chi connectivity index (χ4v) is 2.46. The summed E-state index contributed by atoms with van der Waals surface area (Å²) in [6.45, 7) is 1.95. The van der Waals surface area contributed by atoms with Crippen LogP contribution in [0.2, 0.25) is 0 Å². The molecule has 5 heteroatoms. The molecule has 104 valence electrons. The third-order valence-electron chi connectivity index (χ3n) is 3.71. The second-order valence-electron chi connectivity index (χ2n) is 5.01. The van der Waals surface area contributed by atoms with E-state index in [0.29, 0.717) is 12.8 Å². The van der Waals surface area contributed by atoms with E-state index in [9.17, 15) is 19.4 Å². The Kier molecular flexibility index (Phi) is 4.04.